The molecule has 4 nitrogen and oxygen atoms in total. The third-order valence-corrected chi connectivity index (χ3v) is 3.80. The first kappa shape index (κ1) is 15.8. The highest BCUT2D eigenvalue weighted by atomic mass is 35.5. The van der Waals surface area contributed by atoms with E-state index in [4.69, 9.17) is 27.9 Å². The molecular formula is C16H11Cl2FN2O2. The number of halogens is 3. The Balaban J connectivity index is 1.76. The van der Waals surface area contributed by atoms with Crippen LogP contribution in [0, 0.1) is 5.82 Å². The highest BCUT2D eigenvalue weighted by Gasteiger charge is 2.06. The van der Waals surface area contributed by atoms with Gasteiger partial charge in [0.1, 0.15) is 18.2 Å². The van der Waals surface area contributed by atoms with Gasteiger partial charge in [-0.1, -0.05) is 23.2 Å². The lowest BCUT2D eigenvalue weighted by Crippen LogP contribution is -2.23. The molecule has 0 aliphatic heterocycles. The standard InChI is InChI=1S/C16H11Cl2FN2O2/c17-10-1-4-15(13(18)7-10)23-6-5-21-9-20-14-8-11(19)2-3-12(14)16(21)22/h1-4,7-9H,5-6H2. The van der Waals surface area contributed by atoms with Crippen molar-refractivity contribution in [3.8, 4) is 5.75 Å². The van der Waals surface area contributed by atoms with Gasteiger partial charge in [-0.3, -0.25) is 9.36 Å². The summed E-state index contributed by atoms with van der Waals surface area (Å²) in [6.07, 6.45) is 1.37. The van der Waals surface area contributed by atoms with E-state index in [-0.39, 0.29) is 18.7 Å². The van der Waals surface area contributed by atoms with Crippen LogP contribution in [-0.2, 0) is 6.54 Å². The summed E-state index contributed by atoms with van der Waals surface area (Å²) in [7, 11) is 0. The number of hydrogen-bond acceptors (Lipinski definition) is 3. The van der Waals surface area contributed by atoms with Crippen LogP contribution in [0.5, 0.6) is 5.75 Å². The fraction of sp³-hybridized carbons (Fsp3) is 0.125. The van der Waals surface area contributed by atoms with E-state index >= 15 is 0 Å². The van der Waals surface area contributed by atoms with Gasteiger partial charge in [0.05, 0.1) is 28.8 Å². The lowest BCUT2D eigenvalue weighted by molar-refractivity contribution is 0.296. The Labute approximate surface area is 141 Å². The largest absolute Gasteiger partial charge is 0.490 e. The van der Waals surface area contributed by atoms with Crippen LogP contribution in [0.4, 0.5) is 4.39 Å². The van der Waals surface area contributed by atoms with E-state index in [9.17, 15) is 9.18 Å². The first-order valence-corrected chi connectivity index (χ1v) is 7.53. The molecule has 0 amide bonds. The van der Waals surface area contributed by atoms with E-state index in [1.165, 1.54) is 29.1 Å². The van der Waals surface area contributed by atoms with Gasteiger partial charge in [0.2, 0.25) is 0 Å². The molecule has 3 rings (SSSR count). The number of hydrogen-bond donors (Lipinski definition) is 0. The molecule has 0 saturated carbocycles. The van der Waals surface area contributed by atoms with Gasteiger partial charge < -0.3 is 4.74 Å². The third kappa shape index (κ3) is 3.46. The van der Waals surface area contributed by atoms with Crippen molar-refractivity contribution in [3.05, 3.63) is 68.9 Å². The van der Waals surface area contributed by atoms with Crippen molar-refractivity contribution in [2.45, 2.75) is 6.54 Å². The maximum Gasteiger partial charge on any atom is 0.261 e. The van der Waals surface area contributed by atoms with Gasteiger partial charge in [-0.15, -0.1) is 0 Å². The Hall–Kier alpha value is -2.11. The van der Waals surface area contributed by atoms with E-state index in [1.54, 1.807) is 18.2 Å². The Morgan fingerprint density at radius 2 is 2.00 bits per heavy atom. The predicted octanol–water partition coefficient (Wildman–Crippen LogP) is 3.92. The average molecular weight is 353 g/mol. The Morgan fingerprint density at radius 3 is 2.78 bits per heavy atom. The second-order valence-corrected chi connectivity index (χ2v) is 5.67. The van der Waals surface area contributed by atoms with Gasteiger partial charge in [0.15, 0.2) is 0 Å². The summed E-state index contributed by atoms with van der Waals surface area (Å²) in [5.41, 5.74) is 0.0775. The van der Waals surface area contributed by atoms with Crippen LogP contribution in [-0.4, -0.2) is 16.2 Å². The monoisotopic (exact) mass is 352 g/mol. The molecule has 0 aliphatic carbocycles. The van der Waals surface area contributed by atoms with Gasteiger partial charge in [-0.25, -0.2) is 9.37 Å². The van der Waals surface area contributed by atoms with Gasteiger partial charge >= 0.3 is 0 Å². The molecule has 0 radical (unpaired) electrons. The maximum atomic E-state index is 13.1. The number of benzene rings is 2. The molecule has 7 heteroatoms. The Morgan fingerprint density at radius 1 is 1.17 bits per heavy atom. The van der Waals surface area contributed by atoms with Crippen molar-refractivity contribution in [1.29, 1.82) is 0 Å². The zero-order chi connectivity index (χ0) is 16.4. The molecule has 0 saturated heterocycles. The molecule has 23 heavy (non-hydrogen) atoms. The van der Waals surface area contributed by atoms with E-state index in [1.807, 2.05) is 0 Å². The molecule has 3 aromatic rings. The molecule has 2 aromatic carbocycles. The molecule has 1 heterocycles. The van der Waals surface area contributed by atoms with Crippen LogP contribution in [0.25, 0.3) is 10.9 Å². The summed E-state index contributed by atoms with van der Waals surface area (Å²) in [5.74, 6) is 0.0581. The second-order valence-electron chi connectivity index (χ2n) is 4.83. The van der Waals surface area contributed by atoms with E-state index in [0.29, 0.717) is 26.7 Å². The van der Waals surface area contributed by atoms with E-state index < -0.39 is 5.82 Å². The van der Waals surface area contributed by atoms with Gasteiger partial charge in [0.25, 0.3) is 5.56 Å². The van der Waals surface area contributed by atoms with E-state index in [0.717, 1.165) is 0 Å². The number of fused-ring (bicyclic) bond motifs is 1. The number of nitrogens with zero attached hydrogens (tertiary/aromatic N) is 2. The molecule has 0 aliphatic rings. The van der Waals surface area contributed by atoms with Gasteiger partial charge in [-0.05, 0) is 30.3 Å². The molecular weight excluding hydrogens is 342 g/mol. The third-order valence-electron chi connectivity index (χ3n) is 3.27. The lowest BCUT2D eigenvalue weighted by atomic mass is 10.2. The molecule has 0 fully saturated rings. The van der Waals surface area contributed by atoms with Gasteiger partial charge in [0, 0.05) is 11.1 Å². The minimum absolute atomic E-state index is 0.232. The van der Waals surface area contributed by atoms with Crippen LogP contribution >= 0.6 is 23.2 Å². The second kappa shape index (κ2) is 6.56. The van der Waals surface area contributed by atoms with Gasteiger partial charge in [-0.2, -0.15) is 0 Å². The first-order valence-electron chi connectivity index (χ1n) is 6.77. The number of rotatable bonds is 4. The molecule has 0 atom stereocenters. The Kier molecular flexibility index (Phi) is 4.50. The summed E-state index contributed by atoms with van der Waals surface area (Å²) in [5, 5.41) is 1.28. The zero-order valence-electron chi connectivity index (χ0n) is 11.8. The van der Waals surface area contributed by atoms with Crippen molar-refractivity contribution in [1.82, 2.24) is 9.55 Å². The number of aromatic nitrogens is 2. The SMILES string of the molecule is O=c1c2ccc(F)cc2ncn1CCOc1ccc(Cl)cc1Cl. The summed E-state index contributed by atoms with van der Waals surface area (Å²) in [4.78, 5) is 16.4. The summed E-state index contributed by atoms with van der Waals surface area (Å²) in [6.45, 7) is 0.522. The molecule has 0 unspecified atom stereocenters. The van der Waals surface area contributed by atoms with Crippen LogP contribution in [0.1, 0.15) is 0 Å². The van der Waals surface area contributed by atoms with E-state index in [2.05, 4.69) is 4.98 Å². The highest BCUT2D eigenvalue weighted by molar-refractivity contribution is 6.35. The van der Waals surface area contributed by atoms with Crippen LogP contribution in [0.3, 0.4) is 0 Å². The zero-order valence-corrected chi connectivity index (χ0v) is 13.3. The molecule has 0 N–H and O–H groups in total. The number of ether oxygens (including phenoxy) is 1. The Bertz CT molecular complexity index is 928. The van der Waals surface area contributed by atoms with Crippen molar-refractivity contribution < 1.29 is 9.13 Å². The highest BCUT2D eigenvalue weighted by Crippen LogP contribution is 2.27. The van der Waals surface area contributed by atoms with Crippen molar-refractivity contribution in [2.24, 2.45) is 0 Å². The minimum atomic E-state index is -0.428. The predicted molar refractivity (Wildman–Crippen MR) is 87.9 cm³/mol. The minimum Gasteiger partial charge on any atom is -0.490 e. The summed E-state index contributed by atoms with van der Waals surface area (Å²) in [6, 6.07) is 8.80. The normalized spacial score (nSPS) is 10.9. The summed E-state index contributed by atoms with van der Waals surface area (Å²) >= 11 is 11.8. The fourth-order valence-electron chi connectivity index (χ4n) is 2.14. The smallest absolute Gasteiger partial charge is 0.261 e. The topological polar surface area (TPSA) is 44.1 Å². The van der Waals surface area contributed by atoms with Crippen molar-refractivity contribution in [3.63, 3.8) is 0 Å². The maximum absolute atomic E-state index is 13.1. The summed E-state index contributed by atoms with van der Waals surface area (Å²) < 4.78 is 20.1. The molecule has 0 bridgehead atoms. The van der Waals surface area contributed by atoms with Crippen LogP contribution in [0.2, 0.25) is 10.0 Å². The van der Waals surface area contributed by atoms with Crippen LogP contribution in [0.15, 0.2) is 47.5 Å². The molecule has 118 valence electrons. The molecule has 1 aromatic heterocycles. The van der Waals surface area contributed by atoms with Crippen molar-refractivity contribution in [2.75, 3.05) is 6.61 Å². The van der Waals surface area contributed by atoms with Crippen molar-refractivity contribution >= 4 is 34.1 Å². The molecule has 0 spiro atoms. The average Bonchev–Trinajstić information content (AvgIpc) is 2.51. The first-order chi connectivity index (χ1) is 11.0. The lowest BCUT2D eigenvalue weighted by Gasteiger charge is -2.10. The fourth-order valence-corrected chi connectivity index (χ4v) is 2.60. The van der Waals surface area contributed by atoms with Crippen LogP contribution < -0.4 is 10.3 Å². The quantitative estimate of drug-likeness (QED) is 0.714.